The second-order valence-electron chi connectivity index (χ2n) is 5.05. The van der Waals surface area contributed by atoms with Gasteiger partial charge < -0.3 is 9.47 Å². The molecule has 0 spiro atoms. The number of carbonyl (C=O) groups excluding carboxylic acids is 2. The van der Waals surface area contributed by atoms with Crippen LogP contribution in [0.1, 0.15) is 15.9 Å². The molecule has 2 amide bonds. The van der Waals surface area contributed by atoms with Crippen LogP contribution in [0.4, 0.5) is 0 Å². The number of benzene rings is 2. The lowest BCUT2D eigenvalue weighted by Crippen LogP contribution is -2.43. The van der Waals surface area contributed by atoms with E-state index in [0.717, 1.165) is 5.56 Å². The summed E-state index contributed by atoms with van der Waals surface area (Å²) in [6.07, 6.45) is 0. The zero-order valence-electron chi connectivity index (χ0n) is 13.6. The molecule has 2 N–H and O–H groups in total. The zero-order valence-corrected chi connectivity index (χ0v) is 15.9. The molecule has 2 aromatic carbocycles. The molecule has 0 aliphatic heterocycles. The van der Waals surface area contributed by atoms with Gasteiger partial charge in [0.2, 0.25) is 0 Å². The molecule has 25 heavy (non-hydrogen) atoms. The molecule has 0 aliphatic rings. The summed E-state index contributed by atoms with van der Waals surface area (Å²) in [6, 6.07) is 10.1. The highest BCUT2D eigenvalue weighted by Crippen LogP contribution is 2.23. The van der Waals surface area contributed by atoms with E-state index in [1.807, 2.05) is 6.92 Å². The summed E-state index contributed by atoms with van der Waals surface area (Å²) < 4.78 is 11.2. The van der Waals surface area contributed by atoms with E-state index in [4.69, 9.17) is 21.1 Å². The first-order chi connectivity index (χ1) is 11.9. The van der Waals surface area contributed by atoms with Crippen molar-refractivity contribution in [2.45, 2.75) is 6.92 Å². The standard InChI is InChI=1S/C17H16BrClN2O4/c1-10-7-12(4-5-14(10)19)25-9-16(22)20-21-17(23)13-8-11(18)3-6-15(13)24-2/h3-8H,9H2,1-2H3,(H,20,22)(H,21,23). The Morgan fingerprint density at radius 1 is 1.16 bits per heavy atom. The molecule has 0 saturated heterocycles. The maximum absolute atomic E-state index is 12.2. The van der Waals surface area contributed by atoms with Crippen LogP contribution in [0.15, 0.2) is 40.9 Å². The first-order valence-electron chi connectivity index (χ1n) is 7.22. The molecule has 0 saturated carbocycles. The summed E-state index contributed by atoms with van der Waals surface area (Å²) in [6.45, 7) is 1.58. The van der Waals surface area contributed by atoms with Crippen LogP contribution in [0.5, 0.6) is 11.5 Å². The Labute approximate surface area is 158 Å². The number of aryl methyl sites for hydroxylation is 1. The number of amides is 2. The van der Waals surface area contributed by atoms with Gasteiger partial charge in [0.25, 0.3) is 11.8 Å². The largest absolute Gasteiger partial charge is 0.496 e. The van der Waals surface area contributed by atoms with E-state index >= 15 is 0 Å². The summed E-state index contributed by atoms with van der Waals surface area (Å²) >= 11 is 9.21. The molecule has 0 unspecified atom stereocenters. The van der Waals surface area contributed by atoms with E-state index < -0.39 is 11.8 Å². The van der Waals surface area contributed by atoms with E-state index in [0.29, 0.717) is 21.0 Å². The molecule has 0 aliphatic carbocycles. The summed E-state index contributed by atoms with van der Waals surface area (Å²) in [5.41, 5.74) is 5.73. The van der Waals surface area contributed by atoms with Crippen molar-refractivity contribution in [1.82, 2.24) is 10.9 Å². The lowest BCUT2D eigenvalue weighted by atomic mass is 10.2. The minimum atomic E-state index is -0.506. The highest BCUT2D eigenvalue weighted by atomic mass is 79.9. The van der Waals surface area contributed by atoms with Crippen LogP contribution in [0.3, 0.4) is 0 Å². The molecule has 132 valence electrons. The van der Waals surface area contributed by atoms with Crippen molar-refractivity contribution in [3.05, 3.63) is 57.0 Å². The third-order valence-corrected chi connectivity index (χ3v) is 4.14. The van der Waals surface area contributed by atoms with Crippen molar-refractivity contribution in [3.63, 3.8) is 0 Å². The van der Waals surface area contributed by atoms with Gasteiger partial charge in [-0.2, -0.15) is 0 Å². The number of hydrogen-bond acceptors (Lipinski definition) is 4. The topological polar surface area (TPSA) is 76.7 Å². The predicted octanol–water partition coefficient (Wildman–Crippen LogP) is 3.26. The van der Waals surface area contributed by atoms with Crippen molar-refractivity contribution in [3.8, 4) is 11.5 Å². The summed E-state index contributed by atoms with van der Waals surface area (Å²) in [7, 11) is 1.46. The van der Waals surface area contributed by atoms with Gasteiger partial charge in [0, 0.05) is 9.50 Å². The van der Waals surface area contributed by atoms with Crippen molar-refractivity contribution < 1.29 is 19.1 Å². The fourth-order valence-electron chi connectivity index (χ4n) is 1.94. The molecular weight excluding hydrogens is 412 g/mol. The van der Waals surface area contributed by atoms with Gasteiger partial charge in [-0.3, -0.25) is 20.4 Å². The van der Waals surface area contributed by atoms with Crippen LogP contribution in [0.25, 0.3) is 0 Å². The van der Waals surface area contributed by atoms with E-state index in [9.17, 15) is 9.59 Å². The minimum absolute atomic E-state index is 0.253. The third-order valence-electron chi connectivity index (χ3n) is 3.22. The van der Waals surface area contributed by atoms with E-state index in [-0.39, 0.29) is 12.2 Å². The number of halogens is 2. The maximum atomic E-state index is 12.2. The normalized spacial score (nSPS) is 10.1. The fraction of sp³-hybridized carbons (Fsp3) is 0.176. The highest BCUT2D eigenvalue weighted by molar-refractivity contribution is 9.10. The second-order valence-corrected chi connectivity index (χ2v) is 6.37. The molecule has 6 nitrogen and oxygen atoms in total. The molecule has 2 rings (SSSR count). The quantitative estimate of drug-likeness (QED) is 0.718. The maximum Gasteiger partial charge on any atom is 0.276 e. The Morgan fingerprint density at radius 3 is 2.60 bits per heavy atom. The zero-order chi connectivity index (χ0) is 18.4. The first-order valence-corrected chi connectivity index (χ1v) is 8.39. The van der Waals surface area contributed by atoms with E-state index in [1.54, 1.807) is 36.4 Å². The average molecular weight is 428 g/mol. The monoisotopic (exact) mass is 426 g/mol. The molecule has 0 aromatic heterocycles. The van der Waals surface area contributed by atoms with E-state index in [2.05, 4.69) is 26.8 Å². The predicted molar refractivity (Wildman–Crippen MR) is 98.0 cm³/mol. The number of carbonyl (C=O) groups is 2. The van der Waals surface area contributed by atoms with Crippen LogP contribution in [0.2, 0.25) is 5.02 Å². The molecule has 0 fully saturated rings. The number of nitrogens with one attached hydrogen (secondary N) is 2. The van der Waals surface area contributed by atoms with Gasteiger partial charge in [0.05, 0.1) is 12.7 Å². The Balaban J connectivity index is 1.88. The first kappa shape index (κ1) is 19.1. The van der Waals surface area contributed by atoms with Crippen molar-refractivity contribution in [2.24, 2.45) is 0 Å². The molecule has 0 atom stereocenters. The lowest BCUT2D eigenvalue weighted by molar-refractivity contribution is -0.123. The highest BCUT2D eigenvalue weighted by Gasteiger charge is 2.14. The van der Waals surface area contributed by atoms with Gasteiger partial charge in [-0.05, 0) is 48.9 Å². The molecule has 0 heterocycles. The van der Waals surface area contributed by atoms with Crippen LogP contribution >= 0.6 is 27.5 Å². The fourth-order valence-corrected chi connectivity index (χ4v) is 2.42. The van der Waals surface area contributed by atoms with Gasteiger partial charge in [-0.25, -0.2) is 0 Å². The van der Waals surface area contributed by atoms with Gasteiger partial charge in [-0.1, -0.05) is 27.5 Å². The van der Waals surface area contributed by atoms with Gasteiger partial charge in [-0.15, -0.1) is 0 Å². The third kappa shape index (κ3) is 5.37. The summed E-state index contributed by atoms with van der Waals surface area (Å²) in [5, 5.41) is 0.618. The van der Waals surface area contributed by atoms with Crippen molar-refractivity contribution >= 4 is 39.3 Å². The van der Waals surface area contributed by atoms with Crippen LogP contribution in [0, 0.1) is 6.92 Å². The smallest absolute Gasteiger partial charge is 0.276 e. The van der Waals surface area contributed by atoms with Gasteiger partial charge >= 0.3 is 0 Å². The molecule has 8 heteroatoms. The van der Waals surface area contributed by atoms with Crippen molar-refractivity contribution in [1.29, 1.82) is 0 Å². The molecule has 0 radical (unpaired) electrons. The Morgan fingerprint density at radius 2 is 1.92 bits per heavy atom. The Bertz CT molecular complexity index is 798. The molecule has 0 bridgehead atoms. The SMILES string of the molecule is COc1ccc(Br)cc1C(=O)NNC(=O)COc1ccc(Cl)c(C)c1. The number of methoxy groups -OCH3 is 1. The Hall–Kier alpha value is -2.25. The summed E-state index contributed by atoms with van der Waals surface area (Å²) in [4.78, 5) is 24.0. The number of hydrazine groups is 1. The number of rotatable bonds is 5. The minimum Gasteiger partial charge on any atom is -0.496 e. The van der Waals surface area contributed by atoms with E-state index in [1.165, 1.54) is 7.11 Å². The van der Waals surface area contributed by atoms with Gasteiger partial charge in [0.15, 0.2) is 6.61 Å². The van der Waals surface area contributed by atoms with Gasteiger partial charge in [0.1, 0.15) is 11.5 Å². The molecule has 2 aromatic rings. The van der Waals surface area contributed by atoms with Crippen molar-refractivity contribution in [2.75, 3.05) is 13.7 Å². The van der Waals surface area contributed by atoms with Crippen LogP contribution < -0.4 is 20.3 Å². The summed E-state index contributed by atoms with van der Waals surface area (Å²) in [5.74, 6) is -0.108. The Kier molecular flexibility index (Phi) is 6.66. The lowest BCUT2D eigenvalue weighted by Gasteiger charge is -2.11. The number of hydrogen-bond donors (Lipinski definition) is 2. The molecular formula is C17H16BrClN2O4. The number of ether oxygens (including phenoxy) is 2. The second kappa shape index (κ2) is 8.73. The van der Waals surface area contributed by atoms with Crippen LogP contribution in [-0.2, 0) is 4.79 Å². The van der Waals surface area contributed by atoms with Crippen LogP contribution in [-0.4, -0.2) is 25.5 Å². The average Bonchev–Trinajstić information content (AvgIpc) is 2.60.